The molecule has 1 nitrogen and oxygen atoms in total. The van der Waals surface area contributed by atoms with E-state index in [1.807, 2.05) is 12.1 Å². The van der Waals surface area contributed by atoms with E-state index < -0.39 is 0 Å². The topological polar surface area (TPSA) is 12.0 Å². The van der Waals surface area contributed by atoms with Crippen LogP contribution in [-0.4, -0.2) is 12.6 Å². The van der Waals surface area contributed by atoms with Gasteiger partial charge in [0.2, 0.25) is 0 Å². The molecule has 3 unspecified atom stereocenters. The second-order valence-electron chi connectivity index (χ2n) is 5.42. The molecule has 3 heteroatoms. The van der Waals surface area contributed by atoms with Crippen LogP contribution in [0.4, 0.5) is 4.39 Å². The van der Waals surface area contributed by atoms with Gasteiger partial charge >= 0.3 is 0 Å². The Hall–Kier alpha value is -0.410. The molecule has 0 aliphatic heterocycles. The molecule has 1 N–H and O–H groups in total. The van der Waals surface area contributed by atoms with Gasteiger partial charge in [0.05, 0.1) is 0 Å². The van der Waals surface area contributed by atoms with Gasteiger partial charge in [-0.2, -0.15) is 0 Å². The van der Waals surface area contributed by atoms with Crippen LogP contribution in [0.3, 0.4) is 0 Å². The monoisotopic (exact) mass is 313 g/mol. The van der Waals surface area contributed by atoms with E-state index >= 15 is 0 Å². The van der Waals surface area contributed by atoms with Crippen LogP contribution in [0.1, 0.15) is 45.1 Å². The van der Waals surface area contributed by atoms with Gasteiger partial charge in [-0.3, -0.25) is 0 Å². The number of hydrogen-bond donors (Lipinski definition) is 1. The summed E-state index contributed by atoms with van der Waals surface area (Å²) >= 11 is 3.32. The number of halogens is 2. The third-order valence-electron chi connectivity index (χ3n) is 4.61. The molecule has 0 amide bonds. The first-order valence-corrected chi connectivity index (χ1v) is 7.50. The van der Waals surface area contributed by atoms with Crippen molar-refractivity contribution in [3.8, 4) is 0 Å². The van der Waals surface area contributed by atoms with Crippen molar-refractivity contribution in [1.82, 2.24) is 5.32 Å². The summed E-state index contributed by atoms with van der Waals surface area (Å²) in [6.07, 6.45) is 2.11. The highest BCUT2D eigenvalue weighted by molar-refractivity contribution is 9.10. The first-order valence-electron chi connectivity index (χ1n) is 6.71. The predicted octanol–water partition coefficient (Wildman–Crippen LogP) is 4.47. The van der Waals surface area contributed by atoms with Crippen LogP contribution in [-0.2, 0) is 0 Å². The van der Waals surface area contributed by atoms with Crippen molar-refractivity contribution in [2.75, 3.05) is 6.54 Å². The zero-order valence-corrected chi connectivity index (χ0v) is 12.8. The Morgan fingerprint density at radius 2 is 2.17 bits per heavy atom. The molecule has 1 aliphatic rings. The molecule has 1 aliphatic carbocycles. The molecule has 0 saturated heterocycles. The molecule has 1 aromatic rings. The van der Waals surface area contributed by atoms with E-state index in [0.29, 0.717) is 12.0 Å². The average Bonchev–Trinajstić information content (AvgIpc) is 2.34. The first kappa shape index (κ1) is 14.0. The van der Waals surface area contributed by atoms with Crippen molar-refractivity contribution < 1.29 is 4.39 Å². The standard InChI is InChI=1S/C15H21BrFN/c1-4-15(3)12(9-14(15)18-5-2)11-7-6-10(16)8-13(11)17/h6-8,12,14,18H,4-5,9H2,1-3H3. The summed E-state index contributed by atoms with van der Waals surface area (Å²) in [5, 5.41) is 3.52. The van der Waals surface area contributed by atoms with Crippen molar-refractivity contribution in [1.29, 1.82) is 0 Å². The van der Waals surface area contributed by atoms with Gasteiger partial charge in [0, 0.05) is 10.5 Å². The lowest BCUT2D eigenvalue weighted by molar-refractivity contribution is 0.0435. The molecule has 3 atom stereocenters. The number of nitrogens with one attached hydrogen (secondary N) is 1. The van der Waals surface area contributed by atoms with E-state index in [4.69, 9.17) is 0 Å². The molecule has 0 heterocycles. The van der Waals surface area contributed by atoms with Crippen LogP contribution >= 0.6 is 15.9 Å². The summed E-state index contributed by atoms with van der Waals surface area (Å²) in [7, 11) is 0. The fourth-order valence-electron chi connectivity index (χ4n) is 3.18. The largest absolute Gasteiger partial charge is 0.314 e. The van der Waals surface area contributed by atoms with Crippen molar-refractivity contribution in [3.63, 3.8) is 0 Å². The van der Waals surface area contributed by atoms with E-state index in [-0.39, 0.29) is 11.2 Å². The SMILES string of the molecule is CCNC1CC(c2ccc(Br)cc2F)C1(C)CC. The lowest BCUT2D eigenvalue weighted by atomic mass is 9.54. The highest BCUT2D eigenvalue weighted by Gasteiger charge is 2.50. The summed E-state index contributed by atoms with van der Waals surface area (Å²) in [4.78, 5) is 0. The fraction of sp³-hybridized carbons (Fsp3) is 0.600. The first-order chi connectivity index (χ1) is 8.52. The van der Waals surface area contributed by atoms with Gasteiger partial charge in [-0.25, -0.2) is 4.39 Å². The Labute approximate surface area is 117 Å². The van der Waals surface area contributed by atoms with E-state index in [1.165, 1.54) is 0 Å². The molecule has 2 rings (SSSR count). The maximum Gasteiger partial charge on any atom is 0.127 e. The molecule has 18 heavy (non-hydrogen) atoms. The highest BCUT2D eigenvalue weighted by atomic mass is 79.9. The summed E-state index contributed by atoms with van der Waals surface area (Å²) in [6, 6.07) is 5.96. The van der Waals surface area contributed by atoms with Crippen LogP contribution in [0.25, 0.3) is 0 Å². The van der Waals surface area contributed by atoms with Gasteiger partial charge < -0.3 is 5.32 Å². The van der Waals surface area contributed by atoms with Gasteiger partial charge in [-0.1, -0.05) is 42.8 Å². The van der Waals surface area contributed by atoms with Crippen LogP contribution < -0.4 is 5.32 Å². The zero-order chi connectivity index (χ0) is 13.3. The van der Waals surface area contributed by atoms with Crippen molar-refractivity contribution in [3.05, 3.63) is 34.1 Å². The normalized spacial score (nSPS) is 31.2. The van der Waals surface area contributed by atoms with E-state index in [0.717, 1.165) is 29.4 Å². The van der Waals surface area contributed by atoms with Gasteiger partial charge in [-0.15, -0.1) is 0 Å². The van der Waals surface area contributed by atoms with Gasteiger partial charge in [0.1, 0.15) is 5.82 Å². The minimum atomic E-state index is -0.0796. The van der Waals surface area contributed by atoms with Crippen molar-refractivity contribution in [2.24, 2.45) is 5.41 Å². The minimum Gasteiger partial charge on any atom is -0.314 e. The summed E-state index contributed by atoms with van der Waals surface area (Å²) in [6.45, 7) is 7.59. The lowest BCUT2D eigenvalue weighted by Gasteiger charge is -2.55. The fourth-order valence-corrected chi connectivity index (χ4v) is 3.51. The van der Waals surface area contributed by atoms with Crippen LogP contribution in [0, 0.1) is 11.2 Å². The third-order valence-corrected chi connectivity index (χ3v) is 5.11. The van der Waals surface area contributed by atoms with Gasteiger partial charge in [-0.05, 0) is 48.4 Å². The number of benzene rings is 1. The molecule has 1 fully saturated rings. The maximum atomic E-state index is 14.1. The quantitative estimate of drug-likeness (QED) is 0.864. The number of rotatable bonds is 4. The van der Waals surface area contributed by atoms with E-state index in [1.54, 1.807) is 6.07 Å². The highest BCUT2D eigenvalue weighted by Crippen LogP contribution is 2.55. The molecule has 0 aromatic heterocycles. The molecule has 0 radical (unpaired) electrons. The van der Waals surface area contributed by atoms with Gasteiger partial charge in [0.15, 0.2) is 0 Å². The van der Waals surface area contributed by atoms with Crippen LogP contribution in [0.2, 0.25) is 0 Å². The second-order valence-corrected chi connectivity index (χ2v) is 6.34. The Balaban J connectivity index is 2.24. The minimum absolute atomic E-state index is 0.0796. The van der Waals surface area contributed by atoms with Gasteiger partial charge in [0.25, 0.3) is 0 Å². The van der Waals surface area contributed by atoms with Crippen molar-refractivity contribution in [2.45, 2.75) is 45.6 Å². The third kappa shape index (κ3) is 2.23. The van der Waals surface area contributed by atoms with Crippen LogP contribution in [0.15, 0.2) is 22.7 Å². The summed E-state index contributed by atoms with van der Waals surface area (Å²) in [5.74, 6) is 0.253. The van der Waals surface area contributed by atoms with Crippen molar-refractivity contribution >= 4 is 15.9 Å². The number of hydrogen-bond acceptors (Lipinski definition) is 1. The Kier molecular flexibility index (Phi) is 4.12. The molecule has 0 spiro atoms. The molecule has 100 valence electrons. The average molecular weight is 314 g/mol. The Bertz CT molecular complexity index is 435. The van der Waals surface area contributed by atoms with E-state index in [9.17, 15) is 4.39 Å². The second kappa shape index (κ2) is 5.30. The van der Waals surface area contributed by atoms with E-state index in [2.05, 4.69) is 42.0 Å². The Morgan fingerprint density at radius 3 is 2.72 bits per heavy atom. The predicted molar refractivity (Wildman–Crippen MR) is 77.3 cm³/mol. The molecular weight excluding hydrogens is 293 g/mol. The summed E-state index contributed by atoms with van der Waals surface area (Å²) in [5.41, 5.74) is 1.04. The van der Waals surface area contributed by atoms with Crippen LogP contribution in [0.5, 0.6) is 0 Å². The lowest BCUT2D eigenvalue weighted by Crippen LogP contribution is -2.56. The molecule has 0 bridgehead atoms. The Morgan fingerprint density at radius 1 is 1.44 bits per heavy atom. The molecule has 1 saturated carbocycles. The maximum absolute atomic E-state index is 14.1. The smallest absolute Gasteiger partial charge is 0.127 e. The molecule has 1 aromatic carbocycles. The molecular formula is C15H21BrFN. The summed E-state index contributed by atoms with van der Waals surface area (Å²) < 4.78 is 14.9. The zero-order valence-electron chi connectivity index (χ0n) is 11.3.